The minimum atomic E-state index is 0.104. The number of benzene rings is 1. The van der Waals surface area contributed by atoms with Crippen LogP contribution in [0, 0.1) is 0 Å². The van der Waals surface area contributed by atoms with Crippen molar-refractivity contribution in [3.63, 3.8) is 0 Å². The molecule has 0 unspecified atom stereocenters. The molecule has 24 heavy (non-hydrogen) atoms. The molecule has 3 rings (SSSR count). The molecule has 0 radical (unpaired) electrons. The summed E-state index contributed by atoms with van der Waals surface area (Å²) in [5, 5.41) is 8.42. The third-order valence-corrected chi connectivity index (χ3v) is 4.63. The largest absolute Gasteiger partial charge is 0.496 e. The van der Waals surface area contributed by atoms with Gasteiger partial charge in [-0.05, 0) is 25.0 Å². The predicted molar refractivity (Wildman–Crippen MR) is 89.4 cm³/mol. The maximum atomic E-state index is 12.1. The molecule has 1 fully saturated rings. The quantitative estimate of drug-likeness (QED) is 0.741. The van der Waals surface area contributed by atoms with E-state index in [-0.39, 0.29) is 5.91 Å². The fraction of sp³-hybridized carbons (Fsp3) is 0.438. The summed E-state index contributed by atoms with van der Waals surface area (Å²) in [6.07, 6.45) is 2.16. The average molecular weight is 349 g/mol. The lowest BCUT2D eigenvalue weighted by Crippen LogP contribution is -2.29. The Balaban J connectivity index is 1.73. The van der Waals surface area contributed by atoms with Gasteiger partial charge in [0.15, 0.2) is 0 Å². The number of thioether (sulfide) groups is 1. The van der Waals surface area contributed by atoms with Crippen LogP contribution in [-0.4, -0.2) is 54.1 Å². The van der Waals surface area contributed by atoms with Gasteiger partial charge in [0.1, 0.15) is 17.1 Å². The summed E-state index contributed by atoms with van der Waals surface area (Å²) >= 11 is 1.24. The number of carbonyl (C=O) groups is 1. The van der Waals surface area contributed by atoms with Crippen LogP contribution in [0.5, 0.6) is 11.5 Å². The van der Waals surface area contributed by atoms with E-state index in [1.165, 1.54) is 11.8 Å². The smallest absolute Gasteiger partial charge is 0.277 e. The lowest BCUT2D eigenvalue weighted by Gasteiger charge is -2.13. The van der Waals surface area contributed by atoms with Crippen LogP contribution >= 0.6 is 11.8 Å². The van der Waals surface area contributed by atoms with Crippen LogP contribution in [0.1, 0.15) is 12.8 Å². The van der Waals surface area contributed by atoms with Crippen molar-refractivity contribution in [2.75, 3.05) is 33.1 Å². The van der Waals surface area contributed by atoms with Gasteiger partial charge in [-0.1, -0.05) is 17.8 Å². The van der Waals surface area contributed by atoms with Crippen molar-refractivity contribution in [1.29, 1.82) is 0 Å². The van der Waals surface area contributed by atoms with Gasteiger partial charge in [0.2, 0.25) is 5.91 Å². The average Bonchev–Trinajstić information content (AvgIpc) is 3.30. The molecule has 8 heteroatoms. The maximum Gasteiger partial charge on any atom is 0.277 e. The number of likely N-dealkylation sites (tertiary alicyclic amines) is 1. The van der Waals surface area contributed by atoms with Crippen molar-refractivity contribution in [1.82, 2.24) is 15.1 Å². The highest BCUT2D eigenvalue weighted by Crippen LogP contribution is 2.38. The number of hydrogen-bond acceptors (Lipinski definition) is 7. The third-order valence-electron chi connectivity index (χ3n) is 3.83. The van der Waals surface area contributed by atoms with Crippen LogP contribution in [0.2, 0.25) is 0 Å². The number of nitrogens with zero attached hydrogens (tertiary/aromatic N) is 3. The molecular formula is C16H19N3O4S. The first kappa shape index (κ1) is 16.6. The Bertz CT molecular complexity index is 691. The van der Waals surface area contributed by atoms with Crippen molar-refractivity contribution >= 4 is 17.7 Å². The number of amides is 1. The van der Waals surface area contributed by atoms with Crippen LogP contribution in [0.15, 0.2) is 27.8 Å². The molecule has 1 amide bonds. The summed E-state index contributed by atoms with van der Waals surface area (Å²) in [6, 6.07) is 5.42. The minimum Gasteiger partial charge on any atom is -0.496 e. The van der Waals surface area contributed by atoms with Gasteiger partial charge < -0.3 is 18.8 Å². The number of carbonyl (C=O) groups excluding carboxylic acids is 1. The minimum absolute atomic E-state index is 0.104. The van der Waals surface area contributed by atoms with Crippen molar-refractivity contribution in [3.8, 4) is 23.0 Å². The van der Waals surface area contributed by atoms with E-state index >= 15 is 0 Å². The van der Waals surface area contributed by atoms with E-state index < -0.39 is 0 Å². The van der Waals surface area contributed by atoms with E-state index in [2.05, 4.69) is 10.2 Å². The van der Waals surface area contributed by atoms with Crippen LogP contribution < -0.4 is 9.47 Å². The molecule has 1 aliphatic rings. The van der Waals surface area contributed by atoms with Gasteiger partial charge in [-0.2, -0.15) is 0 Å². The highest BCUT2D eigenvalue weighted by molar-refractivity contribution is 7.99. The fourth-order valence-electron chi connectivity index (χ4n) is 2.61. The van der Waals surface area contributed by atoms with E-state index in [1.807, 2.05) is 11.0 Å². The van der Waals surface area contributed by atoms with Gasteiger partial charge >= 0.3 is 0 Å². The zero-order valence-electron chi connectivity index (χ0n) is 13.7. The van der Waals surface area contributed by atoms with E-state index in [4.69, 9.17) is 13.9 Å². The van der Waals surface area contributed by atoms with Gasteiger partial charge in [-0.3, -0.25) is 4.79 Å². The zero-order chi connectivity index (χ0) is 16.9. The molecule has 0 spiro atoms. The second-order valence-electron chi connectivity index (χ2n) is 5.29. The Morgan fingerprint density at radius 3 is 2.50 bits per heavy atom. The molecule has 0 N–H and O–H groups in total. The van der Waals surface area contributed by atoms with Crippen LogP contribution in [0.25, 0.3) is 11.5 Å². The van der Waals surface area contributed by atoms with Gasteiger partial charge in [0.05, 0.1) is 20.0 Å². The molecule has 1 aliphatic heterocycles. The van der Waals surface area contributed by atoms with Gasteiger partial charge in [-0.15, -0.1) is 10.2 Å². The molecule has 0 aliphatic carbocycles. The summed E-state index contributed by atoms with van der Waals surface area (Å²) in [5.74, 6) is 1.88. The molecule has 2 aromatic rings. The molecule has 0 bridgehead atoms. The van der Waals surface area contributed by atoms with E-state index in [9.17, 15) is 4.79 Å². The van der Waals surface area contributed by atoms with E-state index in [0.717, 1.165) is 25.9 Å². The first-order valence-corrected chi connectivity index (χ1v) is 8.67. The zero-order valence-corrected chi connectivity index (χ0v) is 14.5. The number of methoxy groups -OCH3 is 2. The topological polar surface area (TPSA) is 77.7 Å². The summed E-state index contributed by atoms with van der Waals surface area (Å²) in [4.78, 5) is 13.9. The third kappa shape index (κ3) is 3.48. The number of ether oxygens (including phenoxy) is 2. The summed E-state index contributed by atoms with van der Waals surface area (Å²) in [5.41, 5.74) is 0.604. The molecule has 1 aromatic heterocycles. The van der Waals surface area contributed by atoms with Crippen molar-refractivity contribution in [3.05, 3.63) is 18.2 Å². The number of aromatic nitrogens is 2. The van der Waals surface area contributed by atoms with Gasteiger partial charge in [0.25, 0.3) is 11.1 Å². The fourth-order valence-corrected chi connectivity index (χ4v) is 3.28. The van der Waals surface area contributed by atoms with Gasteiger partial charge in [0, 0.05) is 13.1 Å². The highest BCUT2D eigenvalue weighted by Gasteiger charge is 2.21. The van der Waals surface area contributed by atoms with Crippen molar-refractivity contribution in [2.45, 2.75) is 18.1 Å². The molecule has 1 aromatic carbocycles. The SMILES string of the molecule is COc1cccc(OC)c1-c1nnc(SCC(=O)N2CCCC2)o1. The van der Waals surface area contributed by atoms with Gasteiger partial charge in [-0.25, -0.2) is 0 Å². The Labute approximate surface area is 144 Å². The summed E-state index contributed by atoms with van der Waals surface area (Å²) in [7, 11) is 3.14. The first-order valence-electron chi connectivity index (χ1n) is 7.68. The normalized spacial score (nSPS) is 14.0. The van der Waals surface area contributed by atoms with Crippen LogP contribution in [0.3, 0.4) is 0 Å². The van der Waals surface area contributed by atoms with Crippen molar-refractivity contribution in [2.24, 2.45) is 0 Å². The molecule has 0 atom stereocenters. The van der Waals surface area contributed by atoms with E-state index in [1.54, 1.807) is 26.4 Å². The second kappa shape index (κ2) is 7.57. The lowest BCUT2D eigenvalue weighted by atomic mass is 10.2. The Morgan fingerprint density at radius 1 is 1.21 bits per heavy atom. The molecular weight excluding hydrogens is 330 g/mol. The highest BCUT2D eigenvalue weighted by atomic mass is 32.2. The molecule has 7 nitrogen and oxygen atoms in total. The molecule has 1 saturated heterocycles. The Morgan fingerprint density at radius 2 is 1.88 bits per heavy atom. The Hall–Kier alpha value is -2.22. The monoisotopic (exact) mass is 349 g/mol. The van der Waals surface area contributed by atoms with Crippen LogP contribution in [-0.2, 0) is 4.79 Å². The molecule has 0 saturated carbocycles. The predicted octanol–water partition coefficient (Wildman–Crippen LogP) is 2.47. The second-order valence-corrected chi connectivity index (χ2v) is 6.21. The standard InChI is InChI=1S/C16H19N3O4S/c1-21-11-6-5-7-12(22-2)14(11)15-17-18-16(23-15)24-10-13(20)19-8-3-4-9-19/h5-7H,3-4,8-10H2,1-2H3. The number of hydrogen-bond donors (Lipinski definition) is 0. The first-order chi connectivity index (χ1) is 11.7. The lowest BCUT2D eigenvalue weighted by molar-refractivity contribution is -0.127. The summed E-state index contributed by atoms with van der Waals surface area (Å²) in [6.45, 7) is 1.68. The molecule has 2 heterocycles. The van der Waals surface area contributed by atoms with Crippen LogP contribution in [0.4, 0.5) is 0 Å². The number of rotatable bonds is 6. The van der Waals surface area contributed by atoms with Crippen molar-refractivity contribution < 1.29 is 18.7 Å². The summed E-state index contributed by atoms with van der Waals surface area (Å²) < 4.78 is 16.4. The molecule has 128 valence electrons. The Kier molecular flexibility index (Phi) is 5.24. The van der Waals surface area contributed by atoms with E-state index in [0.29, 0.717) is 33.9 Å². The maximum absolute atomic E-state index is 12.1.